The molecule has 0 aliphatic carbocycles. The fraction of sp³-hybridized carbons (Fsp3) is 0.152. The Balaban J connectivity index is 1.37. The predicted octanol–water partition coefficient (Wildman–Crippen LogP) is 5.67. The minimum Gasteiger partial charge on any atom is -0.496 e. The first-order valence-electron chi connectivity index (χ1n) is 13.8. The zero-order valence-corrected chi connectivity index (χ0v) is 27.0. The average molecular weight is 690 g/mol. The van der Waals surface area contributed by atoms with Crippen LogP contribution in [0.2, 0.25) is 0 Å². The fourth-order valence-corrected chi connectivity index (χ4v) is 6.21. The van der Waals surface area contributed by atoms with Gasteiger partial charge in [0.2, 0.25) is 5.69 Å². The molecule has 10 nitrogen and oxygen atoms in total. The van der Waals surface area contributed by atoms with E-state index in [4.69, 9.17) is 9.47 Å². The van der Waals surface area contributed by atoms with Crippen LogP contribution in [0.4, 0.5) is 0 Å². The van der Waals surface area contributed by atoms with E-state index < -0.39 is 22.9 Å². The second kappa shape index (κ2) is 14.0. The van der Waals surface area contributed by atoms with Gasteiger partial charge < -0.3 is 19.9 Å². The number of aliphatic hydroxyl groups excluding tert-OH is 1. The van der Waals surface area contributed by atoms with Crippen molar-refractivity contribution in [2.24, 2.45) is 0 Å². The number of amides is 1. The van der Waals surface area contributed by atoms with Gasteiger partial charge in [-0.25, -0.2) is 4.79 Å². The zero-order valence-electron chi connectivity index (χ0n) is 24.6. The highest BCUT2D eigenvalue weighted by Crippen LogP contribution is 2.35. The zero-order chi connectivity index (χ0) is 32.1. The Labute approximate surface area is 271 Å². The van der Waals surface area contributed by atoms with E-state index in [1.807, 2.05) is 62.4 Å². The van der Waals surface area contributed by atoms with Crippen molar-refractivity contribution in [2.75, 3.05) is 7.11 Å². The molecule has 0 aliphatic rings. The van der Waals surface area contributed by atoms with E-state index in [1.165, 1.54) is 11.8 Å². The van der Waals surface area contributed by atoms with Crippen LogP contribution in [0.1, 0.15) is 32.7 Å². The van der Waals surface area contributed by atoms with Crippen LogP contribution in [0.5, 0.6) is 17.2 Å². The van der Waals surface area contributed by atoms with Crippen molar-refractivity contribution >= 4 is 33.6 Å². The molecule has 0 radical (unpaired) electrons. The van der Waals surface area contributed by atoms with E-state index >= 15 is 0 Å². The number of aryl methyl sites for hydroxylation is 2. The lowest BCUT2D eigenvalue weighted by molar-refractivity contribution is 0.0941. The number of carbonyl (C=O) groups excluding carboxylic acids is 1. The van der Waals surface area contributed by atoms with Crippen LogP contribution in [0.3, 0.4) is 0 Å². The van der Waals surface area contributed by atoms with Crippen LogP contribution in [-0.4, -0.2) is 32.9 Å². The Morgan fingerprint density at radius 3 is 2.27 bits per heavy atom. The maximum Gasteiger partial charge on any atom is 0.349 e. The van der Waals surface area contributed by atoms with Crippen LogP contribution in [0.15, 0.2) is 103 Å². The van der Waals surface area contributed by atoms with Gasteiger partial charge in [0.1, 0.15) is 17.2 Å². The molecule has 0 bridgehead atoms. The molecule has 0 saturated carbocycles. The second-order valence-electron chi connectivity index (χ2n) is 9.99. The van der Waals surface area contributed by atoms with E-state index in [9.17, 15) is 19.5 Å². The molecule has 3 N–H and O–H groups in total. The molecule has 0 saturated heterocycles. The number of aliphatic hydroxyl groups is 1. The summed E-state index contributed by atoms with van der Waals surface area (Å²) in [5, 5.41) is 16.6. The maximum absolute atomic E-state index is 13.2. The Bertz CT molecular complexity index is 1990. The van der Waals surface area contributed by atoms with E-state index in [2.05, 4.69) is 31.3 Å². The highest BCUT2D eigenvalue weighted by molar-refractivity contribution is 9.10. The summed E-state index contributed by atoms with van der Waals surface area (Å²) in [4.78, 5) is 42.6. The number of halogens is 1. The smallest absolute Gasteiger partial charge is 0.349 e. The SMILES string of the molecule is COc1ccc(Oc2c(C)cc(-n3nc(C(=O)NCc4ccccc4Sc4ccccc4CO)c(=O)[nH]c3=O)cc2C)cc1Br. The second-order valence-corrected chi connectivity index (χ2v) is 11.9. The van der Waals surface area contributed by atoms with E-state index in [1.54, 1.807) is 37.4 Å². The molecule has 1 amide bonds. The number of aromatic nitrogens is 3. The highest BCUT2D eigenvalue weighted by Gasteiger charge is 2.18. The van der Waals surface area contributed by atoms with Crippen molar-refractivity contribution < 1.29 is 19.4 Å². The number of nitrogens with one attached hydrogen (secondary N) is 2. The summed E-state index contributed by atoms with van der Waals surface area (Å²) in [7, 11) is 1.58. The number of hydrogen-bond acceptors (Lipinski definition) is 8. The van der Waals surface area contributed by atoms with Crippen molar-refractivity contribution in [1.82, 2.24) is 20.1 Å². The number of hydrogen-bond donors (Lipinski definition) is 3. The number of benzene rings is 4. The summed E-state index contributed by atoms with van der Waals surface area (Å²) in [6.45, 7) is 3.66. The largest absolute Gasteiger partial charge is 0.496 e. The number of rotatable bonds is 10. The summed E-state index contributed by atoms with van der Waals surface area (Å²) in [6, 6.07) is 23.7. The number of aromatic amines is 1. The number of carbonyl (C=O) groups is 1. The number of ether oxygens (including phenoxy) is 2. The fourth-order valence-electron chi connectivity index (χ4n) is 4.62. The molecule has 0 unspecified atom stereocenters. The lowest BCUT2D eigenvalue weighted by Crippen LogP contribution is -2.39. The van der Waals surface area contributed by atoms with Gasteiger partial charge >= 0.3 is 5.69 Å². The number of nitrogens with zero attached hydrogens (tertiary/aromatic N) is 2. The molecule has 0 fully saturated rings. The van der Waals surface area contributed by atoms with Gasteiger partial charge in [-0.3, -0.25) is 14.6 Å². The van der Waals surface area contributed by atoms with Gasteiger partial charge in [-0.15, -0.1) is 0 Å². The third-order valence-electron chi connectivity index (χ3n) is 6.85. The first kappa shape index (κ1) is 31.8. The van der Waals surface area contributed by atoms with E-state index in [-0.39, 0.29) is 13.2 Å². The molecule has 1 heterocycles. The molecule has 0 atom stereocenters. The van der Waals surface area contributed by atoms with Gasteiger partial charge in [0.25, 0.3) is 11.5 Å². The lowest BCUT2D eigenvalue weighted by Gasteiger charge is -2.15. The number of H-pyrrole nitrogens is 1. The van der Waals surface area contributed by atoms with Gasteiger partial charge in [0, 0.05) is 16.3 Å². The van der Waals surface area contributed by atoms with Gasteiger partial charge in [-0.1, -0.05) is 48.2 Å². The lowest BCUT2D eigenvalue weighted by atomic mass is 10.1. The van der Waals surface area contributed by atoms with Crippen molar-refractivity contribution in [2.45, 2.75) is 36.8 Å². The molecule has 230 valence electrons. The Morgan fingerprint density at radius 1 is 0.978 bits per heavy atom. The van der Waals surface area contributed by atoms with Gasteiger partial charge in [0.15, 0.2) is 0 Å². The van der Waals surface area contributed by atoms with Gasteiger partial charge in [-0.2, -0.15) is 9.78 Å². The molecule has 5 aromatic rings. The molecule has 12 heteroatoms. The van der Waals surface area contributed by atoms with Crippen molar-refractivity contribution in [3.8, 4) is 22.9 Å². The topological polar surface area (TPSA) is 136 Å². The molecule has 45 heavy (non-hydrogen) atoms. The van der Waals surface area contributed by atoms with Crippen LogP contribution in [0, 0.1) is 13.8 Å². The minimum absolute atomic E-state index is 0.0956. The maximum atomic E-state index is 13.2. The highest BCUT2D eigenvalue weighted by atomic mass is 79.9. The Hall–Kier alpha value is -4.65. The molecule has 5 rings (SSSR count). The first-order valence-corrected chi connectivity index (χ1v) is 15.4. The average Bonchev–Trinajstić information content (AvgIpc) is 3.02. The third-order valence-corrected chi connectivity index (χ3v) is 8.71. The molecular weight excluding hydrogens is 660 g/mol. The molecular formula is C33H29BrN4O6S. The van der Waals surface area contributed by atoms with Crippen molar-refractivity contribution in [3.63, 3.8) is 0 Å². The third kappa shape index (κ3) is 7.19. The van der Waals surface area contributed by atoms with E-state index in [0.717, 1.165) is 30.1 Å². The summed E-state index contributed by atoms with van der Waals surface area (Å²) in [5.74, 6) is 1.10. The molecule has 0 aliphatic heterocycles. The monoisotopic (exact) mass is 688 g/mol. The van der Waals surface area contributed by atoms with Gasteiger partial charge in [-0.05, 0) is 94.5 Å². The summed E-state index contributed by atoms with van der Waals surface area (Å²) in [5.41, 5.74) is 1.23. The first-order chi connectivity index (χ1) is 21.7. The summed E-state index contributed by atoms with van der Waals surface area (Å²) >= 11 is 4.92. The quantitative estimate of drug-likeness (QED) is 0.171. The van der Waals surface area contributed by atoms with E-state index in [0.29, 0.717) is 34.1 Å². The Morgan fingerprint density at radius 2 is 1.62 bits per heavy atom. The minimum atomic E-state index is -0.897. The van der Waals surface area contributed by atoms with Crippen LogP contribution in [0.25, 0.3) is 5.69 Å². The van der Waals surface area contributed by atoms with Crippen LogP contribution >= 0.6 is 27.7 Å². The molecule has 0 spiro atoms. The summed E-state index contributed by atoms with van der Waals surface area (Å²) < 4.78 is 13.1. The van der Waals surface area contributed by atoms with Crippen molar-refractivity contribution in [3.05, 3.63) is 132 Å². The van der Waals surface area contributed by atoms with Crippen molar-refractivity contribution in [1.29, 1.82) is 0 Å². The predicted molar refractivity (Wildman–Crippen MR) is 175 cm³/mol. The molecule has 4 aromatic carbocycles. The Kier molecular flexibility index (Phi) is 9.87. The standard InChI is InChI=1S/C33H29BrN4O6S/c1-19-14-23(15-20(2)30(19)44-24-12-13-26(43-3)25(34)16-24)38-33(42)36-32(41)29(37-38)31(40)35-17-21-8-4-6-10-27(21)45-28-11-7-5-9-22(28)18-39/h4-16,39H,17-18H2,1-3H3,(H,35,40)(H,36,41,42). The van der Waals surface area contributed by atoms with Crippen LogP contribution < -0.4 is 26.0 Å². The van der Waals surface area contributed by atoms with Gasteiger partial charge in [0.05, 0.1) is 23.9 Å². The van der Waals surface area contributed by atoms with Crippen LogP contribution in [-0.2, 0) is 13.2 Å². The number of methoxy groups -OCH3 is 1. The summed E-state index contributed by atoms with van der Waals surface area (Å²) in [6.07, 6.45) is 0. The molecule has 1 aromatic heterocycles. The normalized spacial score (nSPS) is 10.9.